The molecule has 0 saturated carbocycles. The Bertz CT molecular complexity index is 814. The summed E-state index contributed by atoms with van der Waals surface area (Å²) in [6.45, 7) is 4.32. The van der Waals surface area contributed by atoms with Gasteiger partial charge in [0.1, 0.15) is 11.5 Å². The van der Waals surface area contributed by atoms with E-state index < -0.39 is 12.1 Å². The molecule has 1 amide bonds. The Kier molecular flexibility index (Phi) is 8.09. The predicted octanol–water partition coefficient (Wildman–Crippen LogP) is 3.36. The van der Waals surface area contributed by atoms with E-state index in [1.165, 1.54) is 13.0 Å². The summed E-state index contributed by atoms with van der Waals surface area (Å²) in [6.07, 6.45) is 2.00. The Balaban J connectivity index is 1.82. The van der Waals surface area contributed by atoms with Gasteiger partial charge >= 0.3 is 5.97 Å². The zero-order valence-electron chi connectivity index (χ0n) is 16.3. The number of para-hydroxylation sites is 1. The number of methoxy groups -OCH3 is 1. The van der Waals surface area contributed by atoms with Crippen molar-refractivity contribution in [2.24, 2.45) is 0 Å². The molecule has 2 rings (SSSR count). The lowest BCUT2D eigenvalue weighted by Gasteiger charge is -2.13. The van der Waals surface area contributed by atoms with Crippen molar-refractivity contribution in [3.8, 4) is 11.5 Å². The van der Waals surface area contributed by atoms with E-state index in [0.717, 1.165) is 16.9 Å². The first-order valence-electron chi connectivity index (χ1n) is 9.04. The summed E-state index contributed by atoms with van der Waals surface area (Å²) in [5.41, 5.74) is 1.67. The molecule has 6 nitrogen and oxygen atoms in total. The number of rotatable bonds is 9. The maximum absolute atomic E-state index is 12.2. The molecule has 28 heavy (non-hydrogen) atoms. The molecule has 2 aromatic carbocycles. The molecule has 0 saturated heterocycles. The fourth-order valence-corrected chi connectivity index (χ4v) is 2.45. The molecular weight excluding hydrogens is 358 g/mol. The van der Waals surface area contributed by atoms with Crippen LogP contribution in [0.1, 0.15) is 25.0 Å². The van der Waals surface area contributed by atoms with E-state index in [1.54, 1.807) is 13.2 Å². The van der Waals surface area contributed by atoms with Crippen molar-refractivity contribution in [1.82, 2.24) is 5.32 Å². The van der Waals surface area contributed by atoms with E-state index in [0.29, 0.717) is 12.4 Å². The van der Waals surface area contributed by atoms with Crippen molar-refractivity contribution in [2.45, 2.75) is 26.5 Å². The third-order valence-corrected chi connectivity index (χ3v) is 3.91. The summed E-state index contributed by atoms with van der Waals surface area (Å²) >= 11 is 0. The highest BCUT2D eigenvalue weighted by Gasteiger charge is 2.16. The van der Waals surface area contributed by atoms with Gasteiger partial charge in [-0.15, -0.1) is 0 Å². The fraction of sp³-hybridized carbons (Fsp3) is 0.273. The van der Waals surface area contributed by atoms with Gasteiger partial charge in [-0.1, -0.05) is 30.3 Å². The first kappa shape index (κ1) is 21.0. The number of carbonyl (C=O) groups excluding carboxylic acids is 2. The minimum atomic E-state index is -0.910. The quantitative estimate of drug-likeness (QED) is 0.531. The van der Waals surface area contributed by atoms with Gasteiger partial charge in [-0.25, -0.2) is 4.79 Å². The molecule has 0 unspecified atom stereocenters. The Hall–Kier alpha value is -3.28. The summed E-state index contributed by atoms with van der Waals surface area (Å²) in [6, 6.07) is 14.7. The van der Waals surface area contributed by atoms with Crippen molar-refractivity contribution in [1.29, 1.82) is 0 Å². The Morgan fingerprint density at radius 2 is 1.82 bits per heavy atom. The van der Waals surface area contributed by atoms with Gasteiger partial charge < -0.3 is 19.5 Å². The molecule has 0 aliphatic heterocycles. The lowest BCUT2D eigenvalue weighted by atomic mass is 10.2. The topological polar surface area (TPSA) is 73.9 Å². The Morgan fingerprint density at radius 1 is 1.11 bits per heavy atom. The van der Waals surface area contributed by atoms with Crippen LogP contribution in [-0.4, -0.2) is 31.7 Å². The lowest BCUT2D eigenvalue weighted by Crippen LogP contribution is -2.35. The molecule has 6 heteroatoms. The summed E-state index contributed by atoms with van der Waals surface area (Å²) in [7, 11) is 1.57. The highest BCUT2D eigenvalue weighted by atomic mass is 16.5. The number of amides is 1. The van der Waals surface area contributed by atoms with Gasteiger partial charge in [0.25, 0.3) is 5.91 Å². The van der Waals surface area contributed by atoms with Crippen molar-refractivity contribution in [2.75, 3.05) is 13.7 Å². The second-order valence-electron chi connectivity index (χ2n) is 5.94. The second kappa shape index (κ2) is 10.8. The van der Waals surface area contributed by atoms with Crippen LogP contribution in [-0.2, 0) is 20.9 Å². The molecular formula is C22H25NO5. The number of hydrogen-bond acceptors (Lipinski definition) is 5. The van der Waals surface area contributed by atoms with Gasteiger partial charge in [-0.3, -0.25) is 4.79 Å². The smallest absolute Gasteiger partial charge is 0.331 e. The SMILES string of the molecule is CCOc1ccc(/C=C/C(=O)O[C@H](C)C(=O)NCc2ccccc2OC)cc1. The number of ether oxygens (including phenoxy) is 3. The van der Waals surface area contributed by atoms with E-state index in [2.05, 4.69) is 5.32 Å². The minimum Gasteiger partial charge on any atom is -0.496 e. The van der Waals surface area contributed by atoms with E-state index >= 15 is 0 Å². The van der Waals surface area contributed by atoms with Gasteiger partial charge in [0.2, 0.25) is 0 Å². The zero-order chi connectivity index (χ0) is 20.4. The van der Waals surface area contributed by atoms with Crippen LogP contribution >= 0.6 is 0 Å². The molecule has 0 bridgehead atoms. The van der Waals surface area contributed by atoms with E-state index in [1.807, 2.05) is 55.5 Å². The summed E-state index contributed by atoms with van der Waals surface area (Å²) in [5.74, 6) is 0.482. The van der Waals surface area contributed by atoms with Crippen molar-refractivity contribution >= 4 is 18.0 Å². The molecule has 0 heterocycles. The van der Waals surface area contributed by atoms with E-state index in [9.17, 15) is 9.59 Å². The van der Waals surface area contributed by atoms with Crippen molar-refractivity contribution < 1.29 is 23.8 Å². The van der Waals surface area contributed by atoms with Crippen LogP contribution in [0.3, 0.4) is 0 Å². The molecule has 0 radical (unpaired) electrons. The van der Waals surface area contributed by atoms with Gasteiger partial charge in [0.15, 0.2) is 6.10 Å². The number of hydrogen-bond donors (Lipinski definition) is 1. The molecule has 0 spiro atoms. The van der Waals surface area contributed by atoms with Crippen LogP contribution in [0.5, 0.6) is 11.5 Å². The predicted molar refractivity (Wildman–Crippen MR) is 107 cm³/mol. The summed E-state index contributed by atoms with van der Waals surface area (Å²) < 4.78 is 15.8. The maximum Gasteiger partial charge on any atom is 0.331 e. The normalized spacial score (nSPS) is 11.7. The number of benzene rings is 2. The highest BCUT2D eigenvalue weighted by Crippen LogP contribution is 2.17. The van der Waals surface area contributed by atoms with Crippen molar-refractivity contribution in [3.63, 3.8) is 0 Å². The molecule has 0 aliphatic carbocycles. The van der Waals surface area contributed by atoms with Gasteiger partial charge in [0.05, 0.1) is 13.7 Å². The summed E-state index contributed by atoms with van der Waals surface area (Å²) in [4.78, 5) is 24.1. The van der Waals surface area contributed by atoms with Crippen LogP contribution in [0.25, 0.3) is 6.08 Å². The highest BCUT2D eigenvalue weighted by molar-refractivity contribution is 5.90. The number of esters is 1. The third-order valence-electron chi connectivity index (χ3n) is 3.91. The van der Waals surface area contributed by atoms with Crippen LogP contribution in [0.2, 0.25) is 0 Å². The van der Waals surface area contributed by atoms with Crippen LogP contribution in [0.4, 0.5) is 0 Å². The molecule has 0 fully saturated rings. The van der Waals surface area contributed by atoms with Gasteiger partial charge in [0, 0.05) is 18.2 Å². The average Bonchev–Trinajstić information content (AvgIpc) is 2.71. The Labute approximate surface area is 165 Å². The first-order chi connectivity index (χ1) is 13.5. The molecule has 0 aliphatic rings. The van der Waals surface area contributed by atoms with Gasteiger partial charge in [-0.2, -0.15) is 0 Å². The second-order valence-corrected chi connectivity index (χ2v) is 5.94. The van der Waals surface area contributed by atoms with Crippen LogP contribution in [0.15, 0.2) is 54.6 Å². The lowest BCUT2D eigenvalue weighted by molar-refractivity contribution is -0.150. The van der Waals surface area contributed by atoms with Gasteiger partial charge in [-0.05, 0) is 43.7 Å². The Morgan fingerprint density at radius 3 is 2.50 bits per heavy atom. The average molecular weight is 383 g/mol. The standard InChI is InChI=1S/C22H25NO5/c1-4-27-19-12-9-17(10-13-19)11-14-21(24)28-16(2)22(25)23-15-18-7-5-6-8-20(18)26-3/h5-14,16H,4,15H2,1-3H3,(H,23,25)/b14-11+/t16-/m1/s1. The van der Waals surface area contributed by atoms with Crippen LogP contribution in [0, 0.1) is 0 Å². The molecule has 0 aromatic heterocycles. The van der Waals surface area contributed by atoms with Crippen molar-refractivity contribution in [3.05, 3.63) is 65.7 Å². The fourth-order valence-electron chi connectivity index (χ4n) is 2.45. The molecule has 148 valence electrons. The third kappa shape index (κ3) is 6.46. The van der Waals surface area contributed by atoms with E-state index in [-0.39, 0.29) is 12.5 Å². The maximum atomic E-state index is 12.2. The molecule has 2 aromatic rings. The number of nitrogens with one attached hydrogen (secondary N) is 1. The zero-order valence-corrected chi connectivity index (χ0v) is 16.3. The molecule has 1 N–H and O–H groups in total. The largest absolute Gasteiger partial charge is 0.496 e. The monoisotopic (exact) mass is 383 g/mol. The minimum absolute atomic E-state index is 0.284. The summed E-state index contributed by atoms with van der Waals surface area (Å²) in [5, 5.41) is 2.74. The van der Waals surface area contributed by atoms with E-state index in [4.69, 9.17) is 14.2 Å². The van der Waals surface area contributed by atoms with Crippen LogP contribution < -0.4 is 14.8 Å². The number of carbonyl (C=O) groups is 2. The first-order valence-corrected chi connectivity index (χ1v) is 9.04. The molecule has 1 atom stereocenters.